The molecular formula is C21H21BrN2O. The maximum atomic E-state index is 12.8. The summed E-state index contributed by atoms with van der Waals surface area (Å²) in [6.07, 6.45) is 0.371. The normalized spacial score (nSPS) is 10.9. The lowest BCUT2D eigenvalue weighted by molar-refractivity contribution is -0.129. The van der Waals surface area contributed by atoms with Crippen LogP contribution in [0.5, 0.6) is 0 Å². The summed E-state index contributed by atoms with van der Waals surface area (Å²) in [6.45, 7) is 4.64. The first-order chi connectivity index (χ1) is 12.0. The van der Waals surface area contributed by atoms with Crippen LogP contribution in [0.2, 0.25) is 0 Å². The molecule has 0 aliphatic carbocycles. The highest BCUT2D eigenvalue weighted by Crippen LogP contribution is 2.24. The molecule has 0 bridgehead atoms. The van der Waals surface area contributed by atoms with Gasteiger partial charge in [0.2, 0.25) is 5.91 Å². The Labute approximate surface area is 156 Å². The van der Waals surface area contributed by atoms with Gasteiger partial charge in [-0.15, -0.1) is 0 Å². The Hall–Kier alpha value is -2.20. The number of amides is 1. The van der Waals surface area contributed by atoms with Gasteiger partial charge in [0.05, 0.1) is 11.9 Å². The second-order valence-electron chi connectivity index (χ2n) is 6.34. The van der Waals surface area contributed by atoms with Crippen molar-refractivity contribution in [1.82, 2.24) is 9.88 Å². The van der Waals surface area contributed by atoms with Crippen LogP contribution < -0.4 is 0 Å². The predicted octanol–water partition coefficient (Wildman–Crippen LogP) is 4.82. The fourth-order valence-electron chi connectivity index (χ4n) is 3.09. The second kappa shape index (κ2) is 7.36. The third-order valence-corrected chi connectivity index (χ3v) is 5.38. The van der Waals surface area contributed by atoms with E-state index in [1.165, 1.54) is 0 Å². The Balaban J connectivity index is 1.83. The number of benzene rings is 2. The average Bonchev–Trinajstić information content (AvgIpc) is 2.60. The molecule has 0 radical (unpaired) electrons. The lowest BCUT2D eigenvalue weighted by Gasteiger charge is -2.20. The van der Waals surface area contributed by atoms with Gasteiger partial charge in [-0.25, -0.2) is 0 Å². The minimum atomic E-state index is 0.0963. The Morgan fingerprint density at radius 1 is 1.08 bits per heavy atom. The molecule has 1 heterocycles. The van der Waals surface area contributed by atoms with Crippen LogP contribution in [0.4, 0.5) is 0 Å². The van der Waals surface area contributed by atoms with Gasteiger partial charge in [-0.05, 0) is 42.7 Å². The van der Waals surface area contributed by atoms with Gasteiger partial charge in [-0.1, -0.05) is 52.3 Å². The molecule has 0 fully saturated rings. The van der Waals surface area contributed by atoms with Gasteiger partial charge < -0.3 is 4.90 Å². The molecule has 3 rings (SSSR count). The Kier molecular flexibility index (Phi) is 5.19. The number of likely N-dealkylation sites (N-methyl/N-ethyl adjacent to an activating group) is 1. The molecule has 0 spiro atoms. The fraction of sp³-hybridized carbons (Fsp3) is 0.238. The molecule has 128 valence electrons. The van der Waals surface area contributed by atoms with Crippen molar-refractivity contribution in [2.75, 3.05) is 7.05 Å². The summed E-state index contributed by atoms with van der Waals surface area (Å²) in [5, 5.41) is 1.12. The smallest absolute Gasteiger partial charge is 0.227 e. The van der Waals surface area contributed by atoms with E-state index in [1.807, 2.05) is 56.4 Å². The van der Waals surface area contributed by atoms with Gasteiger partial charge >= 0.3 is 0 Å². The maximum Gasteiger partial charge on any atom is 0.227 e. The van der Waals surface area contributed by atoms with Crippen LogP contribution in [0, 0.1) is 13.8 Å². The lowest BCUT2D eigenvalue weighted by Crippen LogP contribution is -2.28. The van der Waals surface area contributed by atoms with E-state index in [-0.39, 0.29) is 5.91 Å². The number of rotatable bonds is 4. The van der Waals surface area contributed by atoms with Gasteiger partial charge in [0.1, 0.15) is 0 Å². The van der Waals surface area contributed by atoms with Crippen molar-refractivity contribution < 1.29 is 4.79 Å². The molecule has 0 saturated heterocycles. The molecule has 4 heteroatoms. The van der Waals surface area contributed by atoms with Crippen molar-refractivity contribution in [1.29, 1.82) is 0 Å². The molecule has 1 aromatic heterocycles. The van der Waals surface area contributed by atoms with Gasteiger partial charge in [0.25, 0.3) is 0 Å². The highest BCUT2D eigenvalue weighted by molar-refractivity contribution is 9.10. The van der Waals surface area contributed by atoms with Crippen LogP contribution in [-0.4, -0.2) is 22.8 Å². The molecule has 3 nitrogen and oxygen atoms in total. The van der Waals surface area contributed by atoms with Crippen molar-refractivity contribution in [2.24, 2.45) is 0 Å². The Morgan fingerprint density at radius 3 is 2.52 bits per heavy atom. The maximum absolute atomic E-state index is 12.8. The van der Waals surface area contributed by atoms with Crippen LogP contribution in [0.15, 0.2) is 53.0 Å². The summed E-state index contributed by atoms with van der Waals surface area (Å²) in [6, 6.07) is 16.1. The lowest BCUT2D eigenvalue weighted by atomic mass is 9.99. The third-order valence-electron chi connectivity index (χ3n) is 4.60. The van der Waals surface area contributed by atoms with Crippen LogP contribution in [-0.2, 0) is 17.8 Å². The van der Waals surface area contributed by atoms with Gasteiger partial charge in [0, 0.05) is 29.1 Å². The van der Waals surface area contributed by atoms with Crippen LogP contribution in [0.1, 0.15) is 22.4 Å². The molecule has 0 N–H and O–H groups in total. The molecule has 3 aromatic rings. The summed E-state index contributed by atoms with van der Waals surface area (Å²) in [7, 11) is 1.85. The number of carbonyl (C=O) groups excluding carboxylic acids is 1. The van der Waals surface area contributed by atoms with Gasteiger partial charge in [0.15, 0.2) is 0 Å². The first-order valence-corrected chi connectivity index (χ1v) is 9.09. The number of halogens is 1. The van der Waals surface area contributed by atoms with E-state index in [1.54, 1.807) is 4.90 Å². The summed E-state index contributed by atoms with van der Waals surface area (Å²) in [5.41, 5.74) is 5.19. The minimum Gasteiger partial charge on any atom is -0.341 e. The van der Waals surface area contributed by atoms with Gasteiger partial charge in [-0.2, -0.15) is 0 Å². The van der Waals surface area contributed by atoms with Crippen molar-refractivity contribution >= 4 is 32.7 Å². The number of aromatic nitrogens is 1. The van der Waals surface area contributed by atoms with E-state index in [9.17, 15) is 4.79 Å². The molecule has 0 aliphatic heterocycles. The number of hydrogen-bond donors (Lipinski definition) is 0. The molecular weight excluding hydrogens is 376 g/mol. The molecule has 0 unspecified atom stereocenters. The van der Waals surface area contributed by atoms with Crippen LogP contribution in [0.25, 0.3) is 10.9 Å². The zero-order chi connectivity index (χ0) is 18.0. The zero-order valence-corrected chi connectivity index (χ0v) is 16.3. The van der Waals surface area contributed by atoms with Crippen molar-refractivity contribution in [3.63, 3.8) is 0 Å². The van der Waals surface area contributed by atoms with E-state index >= 15 is 0 Å². The molecule has 0 atom stereocenters. The standard InChI is InChI=1S/C21H21BrN2O/c1-14-17-9-5-7-11-20(17)23-15(2)18(14)12-21(25)24(3)13-16-8-4-6-10-19(16)22/h4-11H,12-13H2,1-3H3. The number of fused-ring (bicyclic) bond motifs is 1. The topological polar surface area (TPSA) is 33.2 Å². The van der Waals surface area contributed by atoms with E-state index in [0.717, 1.165) is 37.8 Å². The minimum absolute atomic E-state index is 0.0963. The Bertz CT molecular complexity index is 936. The highest BCUT2D eigenvalue weighted by Gasteiger charge is 2.16. The monoisotopic (exact) mass is 396 g/mol. The number of nitrogens with zero attached hydrogens (tertiary/aromatic N) is 2. The second-order valence-corrected chi connectivity index (χ2v) is 7.19. The third kappa shape index (κ3) is 3.74. The molecule has 25 heavy (non-hydrogen) atoms. The first kappa shape index (κ1) is 17.6. The fourth-order valence-corrected chi connectivity index (χ4v) is 3.50. The summed E-state index contributed by atoms with van der Waals surface area (Å²) >= 11 is 3.54. The SMILES string of the molecule is Cc1nc2ccccc2c(C)c1CC(=O)N(C)Cc1ccccc1Br. The number of pyridine rings is 1. The van der Waals surface area contributed by atoms with Crippen molar-refractivity contribution in [2.45, 2.75) is 26.8 Å². The highest BCUT2D eigenvalue weighted by atomic mass is 79.9. The number of carbonyl (C=O) groups is 1. The largest absolute Gasteiger partial charge is 0.341 e. The Morgan fingerprint density at radius 2 is 1.76 bits per heavy atom. The predicted molar refractivity (Wildman–Crippen MR) is 106 cm³/mol. The van der Waals surface area contributed by atoms with E-state index in [4.69, 9.17) is 0 Å². The van der Waals surface area contributed by atoms with Gasteiger partial charge in [-0.3, -0.25) is 9.78 Å². The summed E-state index contributed by atoms with van der Waals surface area (Å²) < 4.78 is 1.02. The quantitative estimate of drug-likeness (QED) is 0.633. The van der Waals surface area contributed by atoms with Crippen LogP contribution in [0.3, 0.4) is 0 Å². The van der Waals surface area contributed by atoms with Crippen molar-refractivity contribution in [3.05, 3.63) is 75.4 Å². The average molecular weight is 397 g/mol. The van der Waals surface area contributed by atoms with E-state index < -0.39 is 0 Å². The zero-order valence-electron chi connectivity index (χ0n) is 14.7. The summed E-state index contributed by atoms with van der Waals surface area (Å²) in [4.78, 5) is 19.2. The molecule has 0 aliphatic rings. The molecule has 0 saturated carbocycles. The summed E-state index contributed by atoms with van der Waals surface area (Å²) in [5.74, 6) is 0.0963. The van der Waals surface area contributed by atoms with Crippen LogP contribution >= 0.6 is 15.9 Å². The van der Waals surface area contributed by atoms with Crippen molar-refractivity contribution in [3.8, 4) is 0 Å². The van der Waals surface area contributed by atoms with E-state index in [2.05, 4.69) is 33.9 Å². The number of para-hydroxylation sites is 1. The molecule has 1 amide bonds. The number of aryl methyl sites for hydroxylation is 2. The first-order valence-electron chi connectivity index (χ1n) is 8.29. The van der Waals surface area contributed by atoms with E-state index in [0.29, 0.717) is 13.0 Å². The number of hydrogen-bond acceptors (Lipinski definition) is 2. The molecule has 2 aromatic carbocycles.